The third-order valence-corrected chi connectivity index (χ3v) is 2.58. The van der Waals surface area contributed by atoms with Crippen LogP contribution in [0.5, 0.6) is 5.75 Å². The Morgan fingerprint density at radius 2 is 1.85 bits per heavy atom. The molecular formula is C14H12N2O4. The molecular weight excluding hydrogens is 260 g/mol. The standard InChI is InChI=1S/C14H12N2O4/c17-11-6-2-1-4-9(11)8-13(18)16-12-7-3-5-10(15-12)14(19)20/h1-7,17H,8H2,(H,19,20)(H,15,16,18). The topological polar surface area (TPSA) is 99.5 Å². The minimum atomic E-state index is -1.16. The number of anilines is 1. The molecule has 0 bridgehead atoms. The molecule has 1 heterocycles. The van der Waals surface area contributed by atoms with Crippen LogP contribution in [-0.2, 0) is 11.2 Å². The molecule has 0 unspecified atom stereocenters. The van der Waals surface area contributed by atoms with Crippen molar-refractivity contribution in [1.82, 2.24) is 4.98 Å². The molecule has 3 N–H and O–H groups in total. The summed E-state index contributed by atoms with van der Waals surface area (Å²) in [6, 6.07) is 10.8. The first kappa shape index (κ1) is 13.5. The van der Waals surface area contributed by atoms with Gasteiger partial charge in [-0.25, -0.2) is 9.78 Å². The zero-order valence-electron chi connectivity index (χ0n) is 10.4. The predicted molar refractivity (Wildman–Crippen MR) is 71.6 cm³/mol. The number of para-hydroxylation sites is 1. The number of carboxylic acids is 1. The summed E-state index contributed by atoms with van der Waals surface area (Å²) in [5, 5.41) is 20.9. The molecule has 0 aliphatic heterocycles. The molecule has 6 heteroatoms. The van der Waals surface area contributed by atoms with Gasteiger partial charge >= 0.3 is 5.97 Å². The number of amides is 1. The molecule has 0 saturated heterocycles. The average Bonchev–Trinajstić information content (AvgIpc) is 2.41. The highest BCUT2D eigenvalue weighted by molar-refractivity contribution is 5.92. The number of aromatic nitrogens is 1. The van der Waals surface area contributed by atoms with E-state index < -0.39 is 5.97 Å². The second kappa shape index (κ2) is 5.83. The number of nitrogens with zero attached hydrogens (tertiary/aromatic N) is 1. The van der Waals surface area contributed by atoms with Crippen LogP contribution < -0.4 is 5.32 Å². The summed E-state index contributed by atoms with van der Waals surface area (Å²) in [5.74, 6) is -1.36. The molecule has 0 atom stereocenters. The lowest BCUT2D eigenvalue weighted by atomic mass is 10.1. The lowest BCUT2D eigenvalue weighted by molar-refractivity contribution is -0.115. The number of carboxylic acid groups (broad SMARTS) is 1. The maximum atomic E-state index is 11.8. The molecule has 2 aromatic rings. The summed E-state index contributed by atoms with van der Waals surface area (Å²) >= 11 is 0. The van der Waals surface area contributed by atoms with Gasteiger partial charge in [0.1, 0.15) is 11.6 Å². The largest absolute Gasteiger partial charge is 0.508 e. The van der Waals surface area contributed by atoms with Crippen molar-refractivity contribution in [2.45, 2.75) is 6.42 Å². The number of pyridine rings is 1. The number of phenols is 1. The summed E-state index contributed by atoms with van der Waals surface area (Å²) in [6.07, 6.45) is -0.0222. The van der Waals surface area contributed by atoms with Gasteiger partial charge in [0.25, 0.3) is 0 Å². The zero-order chi connectivity index (χ0) is 14.5. The number of aromatic carboxylic acids is 1. The van der Waals surface area contributed by atoms with Crippen molar-refractivity contribution in [3.8, 4) is 5.75 Å². The van der Waals surface area contributed by atoms with Gasteiger partial charge in [-0.3, -0.25) is 4.79 Å². The van der Waals surface area contributed by atoms with Crippen LogP contribution in [0.2, 0.25) is 0 Å². The smallest absolute Gasteiger partial charge is 0.354 e. The van der Waals surface area contributed by atoms with Gasteiger partial charge in [-0.1, -0.05) is 24.3 Å². The molecule has 0 spiro atoms. The quantitative estimate of drug-likeness (QED) is 0.786. The molecule has 20 heavy (non-hydrogen) atoms. The molecule has 0 aliphatic carbocycles. The van der Waals surface area contributed by atoms with E-state index in [0.717, 1.165) is 0 Å². The summed E-state index contributed by atoms with van der Waals surface area (Å²) in [4.78, 5) is 26.4. The van der Waals surface area contributed by atoms with Crippen molar-refractivity contribution in [3.63, 3.8) is 0 Å². The lowest BCUT2D eigenvalue weighted by Gasteiger charge is -2.06. The van der Waals surface area contributed by atoms with E-state index in [2.05, 4.69) is 10.3 Å². The fourth-order valence-electron chi connectivity index (χ4n) is 1.64. The second-order valence-corrected chi connectivity index (χ2v) is 4.07. The highest BCUT2D eigenvalue weighted by Gasteiger charge is 2.10. The van der Waals surface area contributed by atoms with E-state index in [4.69, 9.17) is 5.11 Å². The van der Waals surface area contributed by atoms with E-state index in [9.17, 15) is 14.7 Å². The van der Waals surface area contributed by atoms with Gasteiger partial charge in [-0.15, -0.1) is 0 Å². The molecule has 0 fully saturated rings. The van der Waals surface area contributed by atoms with Crippen LogP contribution in [0.15, 0.2) is 42.5 Å². The highest BCUT2D eigenvalue weighted by Crippen LogP contribution is 2.16. The van der Waals surface area contributed by atoms with Crippen molar-refractivity contribution in [2.75, 3.05) is 5.32 Å². The number of phenolic OH excluding ortho intramolecular Hbond substituents is 1. The molecule has 0 aliphatic rings. The number of hydrogen-bond acceptors (Lipinski definition) is 4. The molecule has 102 valence electrons. The van der Waals surface area contributed by atoms with E-state index in [0.29, 0.717) is 5.56 Å². The normalized spacial score (nSPS) is 10.0. The molecule has 1 amide bonds. The monoisotopic (exact) mass is 272 g/mol. The number of nitrogens with one attached hydrogen (secondary N) is 1. The van der Waals surface area contributed by atoms with Gasteiger partial charge in [0.2, 0.25) is 5.91 Å². The Kier molecular flexibility index (Phi) is 3.95. The molecule has 1 aromatic carbocycles. The second-order valence-electron chi connectivity index (χ2n) is 4.07. The highest BCUT2D eigenvalue weighted by atomic mass is 16.4. The van der Waals surface area contributed by atoms with Gasteiger partial charge in [0.05, 0.1) is 6.42 Å². The first-order valence-corrected chi connectivity index (χ1v) is 5.83. The van der Waals surface area contributed by atoms with E-state index in [1.165, 1.54) is 24.3 Å². The summed E-state index contributed by atoms with van der Waals surface area (Å²) < 4.78 is 0. The number of rotatable bonds is 4. The van der Waals surface area contributed by atoms with Crippen molar-refractivity contribution < 1.29 is 19.8 Å². The lowest BCUT2D eigenvalue weighted by Crippen LogP contribution is -2.16. The molecule has 0 saturated carbocycles. The third-order valence-electron chi connectivity index (χ3n) is 2.58. The van der Waals surface area contributed by atoms with Gasteiger partial charge < -0.3 is 15.5 Å². The Morgan fingerprint density at radius 3 is 2.55 bits per heavy atom. The Hall–Kier alpha value is -2.89. The van der Waals surface area contributed by atoms with E-state index in [1.807, 2.05) is 0 Å². The Labute approximate surface area is 114 Å². The fraction of sp³-hybridized carbons (Fsp3) is 0.0714. The van der Waals surface area contributed by atoms with Gasteiger partial charge in [0, 0.05) is 5.56 Å². The van der Waals surface area contributed by atoms with Crippen LogP contribution in [-0.4, -0.2) is 27.1 Å². The third kappa shape index (κ3) is 3.32. The molecule has 1 aromatic heterocycles. The van der Waals surface area contributed by atoms with Gasteiger partial charge in [-0.05, 0) is 18.2 Å². The molecule has 2 rings (SSSR count). The van der Waals surface area contributed by atoms with Crippen molar-refractivity contribution in [3.05, 3.63) is 53.7 Å². The van der Waals surface area contributed by atoms with Crippen molar-refractivity contribution in [1.29, 1.82) is 0 Å². The van der Waals surface area contributed by atoms with Crippen molar-refractivity contribution in [2.24, 2.45) is 0 Å². The molecule has 0 radical (unpaired) electrons. The Morgan fingerprint density at radius 1 is 1.10 bits per heavy atom. The Bertz CT molecular complexity index is 655. The summed E-state index contributed by atoms with van der Waals surface area (Å²) in [6.45, 7) is 0. The van der Waals surface area contributed by atoms with Crippen LogP contribution in [0, 0.1) is 0 Å². The zero-order valence-corrected chi connectivity index (χ0v) is 10.4. The van der Waals surface area contributed by atoms with E-state index in [-0.39, 0.29) is 29.6 Å². The number of benzene rings is 1. The fourth-order valence-corrected chi connectivity index (χ4v) is 1.64. The predicted octanol–water partition coefficient (Wildman–Crippen LogP) is 1.67. The maximum absolute atomic E-state index is 11.8. The van der Waals surface area contributed by atoms with Crippen LogP contribution >= 0.6 is 0 Å². The number of carbonyl (C=O) groups is 2. The molecule has 6 nitrogen and oxygen atoms in total. The first-order valence-electron chi connectivity index (χ1n) is 5.83. The van der Waals surface area contributed by atoms with Crippen LogP contribution in [0.3, 0.4) is 0 Å². The number of aromatic hydroxyl groups is 1. The number of hydrogen-bond donors (Lipinski definition) is 3. The number of carbonyl (C=O) groups excluding carboxylic acids is 1. The van der Waals surface area contributed by atoms with Gasteiger partial charge in [0.15, 0.2) is 5.69 Å². The maximum Gasteiger partial charge on any atom is 0.354 e. The van der Waals surface area contributed by atoms with Crippen LogP contribution in [0.25, 0.3) is 0 Å². The Balaban J connectivity index is 2.07. The first-order chi connectivity index (χ1) is 9.56. The summed E-state index contributed by atoms with van der Waals surface area (Å²) in [7, 11) is 0. The summed E-state index contributed by atoms with van der Waals surface area (Å²) in [5.41, 5.74) is 0.338. The SMILES string of the molecule is O=C(Cc1ccccc1O)Nc1cccc(C(=O)O)n1. The van der Waals surface area contributed by atoms with Gasteiger partial charge in [-0.2, -0.15) is 0 Å². The van der Waals surface area contributed by atoms with Crippen molar-refractivity contribution >= 4 is 17.7 Å². The average molecular weight is 272 g/mol. The minimum absolute atomic E-state index is 0.0222. The van der Waals surface area contributed by atoms with E-state index >= 15 is 0 Å². The van der Waals surface area contributed by atoms with Crippen LogP contribution in [0.4, 0.5) is 5.82 Å². The van der Waals surface area contributed by atoms with E-state index in [1.54, 1.807) is 18.2 Å². The van der Waals surface area contributed by atoms with Crippen LogP contribution in [0.1, 0.15) is 16.1 Å². The minimum Gasteiger partial charge on any atom is -0.508 e.